The van der Waals surface area contributed by atoms with Gasteiger partial charge in [-0.15, -0.1) is 0 Å². The predicted molar refractivity (Wildman–Crippen MR) is 51.0 cm³/mol. The Morgan fingerprint density at radius 3 is 2.58 bits per heavy atom. The lowest BCUT2D eigenvalue weighted by Crippen LogP contribution is -2.43. The molecule has 1 atom stereocenters. The molecule has 12 heavy (non-hydrogen) atoms. The van der Waals surface area contributed by atoms with Gasteiger partial charge in [-0.1, -0.05) is 19.1 Å². The third-order valence-electron chi connectivity index (χ3n) is 1.32. The Morgan fingerprint density at radius 2 is 2.25 bits per heavy atom. The number of hydrogen-bond acceptors (Lipinski definition) is 3. The number of thiocarbonyl (C=S) groups is 1. The highest BCUT2D eigenvalue weighted by Crippen LogP contribution is 1.92. The Bertz CT molecular complexity index is 173. The second-order valence-electron chi connectivity index (χ2n) is 2.23. The van der Waals surface area contributed by atoms with Gasteiger partial charge in [0.15, 0.2) is 0 Å². The van der Waals surface area contributed by atoms with Gasteiger partial charge in [-0.05, 0) is 13.3 Å². The maximum atomic E-state index is 10.9. The zero-order valence-corrected chi connectivity index (χ0v) is 8.11. The van der Waals surface area contributed by atoms with E-state index in [0.29, 0.717) is 13.0 Å². The molecule has 0 aliphatic heterocycles. The number of nitrogens with one attached hydrogen (secondary N) is 1. The van der Waals surface area contributed by atoms with E-state index in [4.69, 9.17) is 18.0 Å². The Hall–Kier alpha value is -0.840. The van der Waals surface area contributed by atoms with Crippen molar-refractivity contribution in [3.8, 4) is 0 Å². The lowest BCUT2D eigenvalue weighted by Gasteiger charge is -2.14. The van der Waals surface area contributed by atoms with E-state index in [9.17, 15) is 4.79 Å². The van der Waals surface area contributed by atoms with E-state index in [1.165, 1.54) is 0 Å². The zero-order valence-electron chi connectivity index (χ0n) is 7.29. The summed E-state index contributed by atoms with van der Waals surface area (Å²) in [6.07, 6.45) is 0.200. The monoisotopic (exact) mass is 190 g/mol. The number of alkyl carbamates (subject to hydrolysis) is 1. The molecule has 0 spiro atoms. The smallest absolute Gasteiger partial charge is 0.407 e. The van der Waals surface area contributed by atoms with Crippen molar-refractivity contribution in [2.45, 2.75) is 26.3 Å². The molecule has 0 aliphatic rings. The minimum Gasteiger partial charge on any atom is -0.450 e. The molecule has 0 heterocycles. The lowest BCUT2D eigenvalue weighted by atomic mass is 10.2. The minimum atomic E-state index is -0.475. The van der Waals surface area contributed by atoms with E-state index < -0.39 is 6.09 Å². The molecule has 0 bridgehead atoms. The lowest BCUT2D eigenvalue weighted by molar-refractivity contribution is 0.150. The predicted octanol–water partition coefficient (Wildman–Crippen LogP) is 0.797. The average Bonchev–Trinajstić information content (AvgIpc) is 2.00. The van der Waals surface area contributed by atoms with Crippen LogP contribution in [0.25, 0.3) is 0 Å². The van der Waals surface area contributed by atoms with Gasteiger partial charge in [-0.2, -0.15) is 0 Å². The molecule has 0 rings (SSSR count). The van der Waals surface area contributed by atoms with Crippen molar-refractivity contribution in [3.05, 3.63) is 0 Å². The Labute approximate surface area is 77.5 Å². The number of ether oxygens (including phenoxy) is 1. The van der Waals surface area contributed by atoms with E-state index >= 15 is 0 Å². The van der Waals surface area contributed by atoms with Crippen LogP contribution in [0.1, 0.15) is 20.3 Å². The van der Waals surface area contributed by atoms with Crippen LogP contribution in [0, 0.1) is 0 Å². The maximum Gasteiger partial charge on any atom is 0.407 e. The first-order valence-electron chi connectivity index (χ1n) is 3.84. The summed E-state index contributed by atoms with van der Waals surface area (Å²) < 4.78 is 4.66. The minimum absolute atomic E-state index is 0.265. The second kappa shape index (κ2) is 5.77. The van der Waals surface area contributed by atoms with Crippen LogP contribution in [0.4, 0.5) is 4.79 Å². The summed E-state index contributed by atoms with van der Waals surface area (Å²) in [7, 11) is 0. The number of nitrogens with two attached hydrogens (primary N) is 1. The van der Waals surface area contributed by atoms with Crippen LogP contribution in [0.3, 0.4) is 0 Å². The molecular formula is C7H14N2O2S. The summed E-state index contributed by atoms with van der Waals surface area (Å²) in [5, 5.41) is 2.54. The van der Waals surface area contributed by atoms with Crippen LogP contribution in [0.5, 0.6) is 0 Å². The van der Waals surface area contributed by atoms with Gasteiger partial charge in [-0.3, -0.25) is 0 Å². The molecule has 4 nitrogen and oxygen atoms in total. The van der Waals surface area contributed by atoms with E-state index in [0.717, 1.165) is 0 Å². The van der Waals surface area contributed by atoms with Gasteiger partial charge in [0.05, 0.1) is 17.6 Å². The van der Waals surface area contributed by atoms with E-state index in [1.807, 2.05) is 6.92 Å². The number of rotatable bonds is 4. The largest absolute Gasteiger partial charge is 0.450 e. The Morgan fingerprint density at radius 1 is 1.67 bits per heavy atom. The quantitative estimate of drug-likeness (QED) is 0.643. The van der Waals surface area contributed by atoms with Crippen molar-refractivity contribution in [2.75, 3.05) is 6.61 Å². The number of amides is 1. The number of hydrogen-bond donors (Lipinski definition) is 2. The van der Waals surface area contributed by atoms with Crippen molar-refractivity contribution in [2.24, 2.45) is 5.73 Å². The highest BCUT2D eigenvalue weighted by atomic mass is 32.1. The summed E-state index contributed by atoms with van der Waals surface area (Å²) in [5.41, 5.74) is 5.35. The Kier molecular flexibility index (Phi) is 5.36. The summed E-state index contributed by atoms with van der Waals surface area (Å²) in [4.78, 5) is 11.2. The number of carbonyl (C=O) groups excluding carboxylic acids is 1. The standard InChI is InChI=1S/C7H14N2O2S/c1-3-5(6(8)12)9-7(10)11-4-2/h5H,3-4H2,1-2H3,(H2,8,12)(H,9,10). The van der Waals surface area contributed by atoms with Gasteiger partial charge in [0.1, 0.15) is 0 Å². The topological polar surface area (TPSA) is 64.3 Å². The average molecular weight is 190 g/mol. The molecular weight excluding hydrogens is 176 g/mol. The molecule has 70 valence electrons. The van der Waals surface area contributed by atoms with Crippen molar-refractivity contribution in [1.82, 2.24) is 5.32 Å². The molecule has 0 aromatic carbocycles. The van der Waals surface area contributed by atoms with Crippen molar-refractivity contribution < 1.29 is 9.53 Å². The molecule has 0 saturated heterocycles. The van der Waals surface area contributed by atoms with Gasteiger partial charge in [0.2, 0.25) is 0 Å². The normalized spacial score (nSPS) is 11.8. The first-order chi connectivity index (χ1) is 5.61. The molecule has 0 aromatic rings. The zero-order chi connectivity index (χ0) is 9.56. The van der Waals surface area contributed by atoms with Crippen LogP contribution in [-0.4, -0.2) is 23.7 Å². The fourth-order valence-electron chi connectivity index (χ4n) is 0.689. The Balaban J connectivity index is 3.85. The van der Waals surface area contributed by atoms with Crippen LogP contribution in [-0.2, 0) is 4.74 Å². The van der Waals surface area contributed by atoms with Crippen LogP contribution in [0.2, 0.25) is 0 Å². The molecule has 0 radical (unpaired) electrons. The highest BCUT2D eigenvalue weighted by molar-refractivity contribution is 7.80. The first kappa shape index (κ1) is 11.2. The molecule has 1 unspecified atom stereocenters. The molecule has 0 fully saturated rings. The van der Waals surface area contributed by atoms with Crippen molar-refractivity contribution in [1.29, 1.82) is 0 Å². The summed E-state index contributed by atoms with van der Waals surface area (Å²) in [6, 6.07) is -0.265. The van der Waals surface area contributed by atoms with Gasteiger partial charge >= 0.3 is 6.09 Å². The summed E-state index contributed by atoms with van der Waals surface area (Å²) in [5.74, 6) is 0. The molecule has 3 N–H and O–H groups in total. The maximum absolute atomic E-state index is 10.9. The van der Waals surface area contributed by atoms with Crippen molar-refractivity contribution in [3.63, 3.8) is 0 Å². The SMILES string of the molecule is CCOC(=O)NC(CC)C(N)=S. The van der Waals surface area contributed by atoms with Crippen molar-refractivity contribution >= 4 is 23.3 Å². The van der Waals surface area contributed by atoms with Crippen LogP contribution < -0.4 is 11.1 Å². The third kappa shape index (κ3) is 4.12. The van der Waals surface area contributed by atoms with Gasteiger partial charge < -0.3 is 15.8 Å². The highest BCUT2D eigenvalue weighted by Gasteiger charge is 2.12. The van der Waals surface area contributed by atoms with E-state index in [-0.39, 0.29) is 11.0 Å². The van der Waals surface area contributed by atoms with Gasteiger partial charge in [0.25, 0.3) is 0 Å². The second-order valence-corrected chi connectivity index (χ2v) is 2.70. The van der Waals surface area contributed by atoms with E-state index in [2.05, 4.69) is 10.1 Å². The summed E-state index contributed by atoms with van der Waals surface area (Å²) >= 11 is 4.73. The van der Waals surface area contributed by atoms with Crippen LogP contribution >= 0.6 is 12.2 Å². The summed E-state index contributed by atoms with van der Waals surface area (Å²) in [6.45, 7) is 3.97. The fraction of sp³-hybridized carbons (Fsp3) is 0.714. The van der Waals surface area contributed by atoms with E-state index in [1.54, 1.807) is 6.92 Å². The van der Waals surface area contributed by atoms with Gasteiger partial charge in [0, 0.05) is 0 Å². The number of carbonyl (C=O) groups is 1. The molecule has 0 aliphatic carbocycles. The van der Waals surface area contributed by atoms with Gasteiger partial charge in [-0.25, -0.2) is 4.79 Å². The molecule has 0 saturated carbocycles. The first-order valence-corrected chi connectivity index (χ1v) is 4.25. The molecule has 0 aromatic heterocycles. The molecule has 1 amide bonds. The fourth-order valence-corrected chi connectivity index (χ4v) is 0.915. The third-order valence-corrected chi connectivity index (χ3v) is 1.60. The van der Waals surface area contributed by atoms with Crippen LogP contribution in [0.15, 0.2) is 0 Å². The molecule has 5 heteroatoms.